The van der Waals surface area contributed by atoms with Crippen LogP contribution < -0.4 is 44.4 Å². The molecule has 12 N–H and O–H groups in total. The Balaban J connectivity index is 0.000000173. The molecule has 0 aliphatic heterocycles. The van der Waals surface area contributed by atoms with E-state index in [4.69, 9.17) is 90.1 Å². The number of nitrogens with one attached hydrogen (secondary N) is 6. The highest BCUT2D eigenvalue weighted by molar-refractivity contribution is 6.33. The van der Waals surface area contributed by atoms with Gasteiger partial charge in [-0.25, -0.2) is 13.2 Å². The lowest BCUT2D eigenvalue weighted by Crippen LogP contribution is -2.23. The van der Waals surface area contributed by atoms with Crippen molar-refractivity contribution in [2.24, 2.45) is 0 Å². The second kappa shape index (κ2) is 36.9. The molecule has 0 amide bonds. The minimum absolute atomic E-state index is 0.0538. The molecule has 12 rings (SSSR count). The third-order valence-electron chi connectivity index (χ3n) is 17.4. The number of fused-ring (bicyclic) bond motifs is 3. The molecule has 3 heterocycles. The normalized spacial score (nSPS) is 11.9. The number of halogens is 7. The van der Waals surface area contributed by atoms with E-state index in [2.05, 4.69) is 30.9 Å². The van der Waals surface area contributed by atoms with Crippen molar-refractivity contribution in [2.75, 3.05) is 76.9 Å². The first-order valence-electron chi connectivity index (χ1n) is 33.4. The summed E-state index contributed by atoms with van der Waals surface area (Å²) in [5.41, 5.74) is 8.11. The van der Waals surface area contributed by atoms with Gasteiger partial charge in [-0.05, 0) is 119 Å². The fraction of sp³-hybridized carbons (Fsp3) is 0.212. The van der Waals surface area contributed by atoms with Crippen LogP contribution in [0.25, 0.3) is 32.7 Å². The topological polar surface area (TPSA) is 311 Å². The number of ketones is 3. The number of carbonyl (C=O) groups excluding carboxylic acids is 3. The van der Waals surface area contributed by atoms with Crippen LogP contribution in [0, 0.1) is 31.3 Å². The second-order valence-corrected chi connectivity index (χ2v) is 26.1. The molecule has 0 spiro atoms. The molecule has 0 fully saturated rings. The van der Waals surface area contributed by atoms with Gasteiger partial charge in [-0.2, -0.15) is 0 Å². The summed E-state index contributed by atoms with van der Waals surface area (Å²) in [6.07, 6.45) is 4.54. The molecular weight excluding hydrogens is 1480 g/mol. The summed E-state index contributed by atoms with van der Waals surface area (Å²) in [4.78, 5) is 50.8. The van der Waals surface area contributed by atoms with Gasteiger partial charge in [-0.3, -0.25) is 14.4 Å². The number of aliphatic hydroxyl groups is 6. The van der Waals surface area contributed by atoms with E-state index < -0.39 is 48.0 Å². The molecule has 0 aliphatic carbocycles. The van der Waals surface area contributed by atoms with Crippen LogP contribution in [0.5, 0.6) is 34.5 Å². The average molecular weight is 1560 g/mol. The molecule has 0 radical (unpaired) electrons. The van der Waals surface area contributed by atoms with Crippen molar-refractivity contribution in [3.8, 4) is 34.5 Å². The fourth-order valence-electron chi connectivity index (χ4n) is 12.2. The highest BCUT2D eigenvalue weighted by atomic mass is 35.5. The number of benzene rings is 9. The first kappa shape index (κ1) is 80.1. The number of methoxy groups -OCH3 is 3. The third-order valence-corrected chi connectivity index (χ3v) is 18.5. The molecule has 3 atom stereocenters. The van der Waals surface area contributed by atoms with Crippen molar-refractivity contribution >= 4 is 114 Å². The van der Waals surface area contributed by atoms with E-state index in [0.717, 1.165) is 28.6 Å². The van der Waals surface area contributed by atoms with E-state index in [1.807, 2.05) is 13.0 Å². The minimum atomic E-state index is -1.08. The largest absolute Gasteiger partial charge is 0.497 e. The molecule has 108 heavy (non-hydrogen) atoms. The van der Waals surface area contributed by atoms with Gasteiger partial charge in [0.25, 0.3) is 0 Å². The lowest BCUT2D eigenvalue weighted by Gasteiger charge is -2.22. The molecule has 0 saturated heterocycles. The number of ether oxygens (including phenoxy) is 6. The molecule has 0 bridgehead atoms. The van der Waals surface area contributed by atoms with Gasteiger partial charge >= 0.3 is 0 Å². The highest BCUT2D eigenvalue weighted by Gasteiger charge is 2.32. The van der Waals surface area contributed by atoms with Crippen LogP contribution in [0.3, 0.4) is 0 Å². The van der Waals surface area contributed by atoms with Crippen LogP contribution in [-0.2, 0) is 19.8 Å². The van der Waals surface area contributed by atoms with Crippen LogP contribution >= 0.6 is 46.4 Å². The van der Waals surface area contributed by atoms with Gasteiger partial charge in [0, 0.05) is 155 Å². The van der Waals surface area contributed by atoms with Crippen LogP contribution in [0.2, 0.25) is 20.1 Å². The summed E-state index contributed by atoms with van der Waals surface area (Å²) in [5, 5.41) is 70.3. The summed E-state index contributed by atoms with van der Waals surface area (Å²) >= 11 is 24.7. The average Bonchev–Trinajstić information content (AvgIpc) is 1.34. The molecule has 21 nitrogen and oxygen atoms in total. The lowest BCUT2D eigenvalue weighted by molar-refractivity contribution is 0.0962. The number of hydrogen-bond acceptors (Lipinski definition) is 18. The molecule has 3 aromatic heterocycles. The standard InChI is InChI=1S/C27H26Cl2N2O5.C27H26ClFN2O5.C26H23ClF2N2O5/c1-15-24(29)6-5-22-23(13-30-25(15)22)27(34)26(21-4-3-17(28)9-16(21)14-33)31-18-10-19(35-2)12-20(11-18)36-8-7-32;1-15-7-22-23(13-30-25(22)24(29)8-15)27(34)26(21-4-3-17(28)9-16(21)14-33)31-18-10-19(35-2)12-20(11-18)36-6-5-32;1-35-17-7-16(8-18(9-17)36-5-4-32)31-25(19-3-2-15(27)6-14(19)13-33)26(34)21-12-30-24-11-23(29)22(28)10-20(21)24/h3-6,9-13,26,30-33H,7-8,14H2,1-2H3;3-4,7-13,26,30-33H,5-6,14H2,1-2H3;2-3,6-12,25,30-33H,4-5,13H2,1H3. The number of hydrogen-bond donors (Lipinski definition) is 12. The van der Waals surface area contributed by atoms with Crippen molar-refractivity contribution in [3.63, 3.8) is 0 Å². The number of aryl methyl sites for hydroxylation is 2. The van der Waals surface area contributed by atoms with Crippen LogP contribution in [-0.4, -0.2) is 124 Å². The molecule has 28 heteroatoms. The zero-order chi connectivity index (χ0) is 77.5. The van der Waals surface area contributed by atoms with E-state index in [-0.39, 0.29) is 86.4 Å². The molecule has 0 aliphatic rings. The Kier molecular flexibility index (Phi) is 27.3. The van der Waals surface area contributed by atoms with Gasteiger partial charge in [0.15, 0.2) is 29.0 Å². The molecule has 0 saturated carbocycles. The van der Waals surface area contributed by atoms with Crippen molar-refractivity contribution in [2.45, 2.75) is 51.8 Å². The number of aromatic nitrogens is 3. The van der Waals surface area contributed by atoms with E-state index in [1.165, 1.54) is 39.8 Å². The summed E-state index contributed by atoms with van der Waals surface area (Å²) < 4.78 is 75.0. The lowest BCUT2D eigenvalue weighted by atomic mass is 9.93. The SMILES string of the molecule is COc1cc(NC(C(=O)c2c[nH]c3c(C)c(Cl)ccc23)c2ccc(Cl)cc2CO)cc(OCCO)c1.COc1cc(NC(C(=O)c2c[nH]c3c(F)cc(C)cc23)c2ccc(Cl)cc2CO)cc(OCCO)c1.COc1cc(NC(C(=O)c2c[nH]c3cc(F)c(F)cc23)c2ccc(Cl)cc2CO)cc(OCCO)c1. The summed E-state index contributed by atoms with van der Waals surface area (Å²) in [6.45, 7) is 2.36. The van der Waals surface area contributed by atoms with Gasteiger partial charge < -0.3 is 90.0 Å². The van der Waals surface area contributed by atoms with E-state index in [1.54, 1.807) is 134 Å². The summed E-state index contributed by atoms with van der Waals surface area (Å²) in [7, 11) is 4.50. The Hall–Kier alpha value is -10.5. The number of aliphatic hydroxyl groups excluding tert-OH is 6. The minimum Gasteiger partial charge on any atom is -0.497 e. The van der Waals surface area contributed by atoms with Gasteiger partial charge in [-0.15, -0.1) is 0 Å². The monoisotopic (exact) mass is 1560 g/mol. The Labute approximate surface area is 637 Å². The Bertz CT molecular complexity index is 5100. The number of anilines is 3. The zero-order valence-electron chi connectivity index (χ0n) is 58.7. The van der Waals surface area contributed by atoms with E-state index in [9.17, 15) is 42.9 Å². The van der Waals surface area contributed by atoms with Crippen molar-refractivity contribution < 1.29 is 86.6 Å². The smallest absolute Gasteiger partial charge is 0.191 e. The summed E-state index contributed by atoms with van der Waals surface area (Å²) in [5.74, 6) is -0.899. The maximum atomic E-state index is 14.5. The second-order valence-electron chi connectivity index (χ2n) is 24.4. The molecular formula is C80H75Cl4F3N6O15. The number of Topliss-reactive ketones (excluding diaryl/α,β-unsaturated/α-hetero) is 3. The molecule has 9 aromatic carbocycles. The molecule has 3 unspecified atom stereocenters. The number of aromatic amines is 3. The fourth-order valence-corrected chi connectivity index (χ4v) is 13.0. The molecule has 564 valence electrons. The van der Waals surface area contributed by atoms with Crippen molar-refractivity contribution in [3.05, 3.63) is 263 Å². The number of carbonyl (C=O) groups is 3. The van der Waals surface area contributed by atoms with E-state index >= 15 is 0 Å². The summed E-state index contributed by atoms with van der Waals surface area (Å²) in [6, 6.07) is 35.5. The zero-order valence-corrected chi connectivity index (χ0v) is 61.7. The van der Waals surface area contributed by atoms with Crippen LogP contribution in [0.15, 0.2) is 164 Å². The van der Waals surface area contributed by atoms with Crippen LogP contribution in [0.4, 0.5) is 30.2 Å². The van der Waals surface area contributed by atoms with Gasteiger partial charge in [-0.1, -0.05) is 70.7 Å². The first-order chi connectivity index (χ1) is 52.0. The maximum Gasteiger partial charge on any atom is 0.191 e. The number of H-pyrrole nitrogens is 3. The van der Waals surface area contributed by atoms with Gasteiger partial charge in [0.1, 0.15) is 78.3 Å². The molecule has 12 aromatic rings. The predicted octanol–water partition coefficient (Wildman–Crippen LogP) is 15.9. The van der Waals surface area contributed by atoms with Crippen molar-refractivity contribution in [1.82, 2.24) is 15.0 Å². The quantitative estimate of drug-likeness (QED) is 0.0186. The number of rotatable bonds is 30. The predicted molar refractivity (Wildman–Crippen MR) is 410 cm³/mol. The first-order valence-corrected chi connectivity index (χ1v) is 34.9. The van der Waals surface area contributed by atoms with Crippen molar-refractivity contribution in [1.29, 1.82) is 0 Å². The highest BCUT2D eigenvalue weighted by Crippen LogP contribution is 2.40. The van der Waals surface area contributed by atoms with Crippen LogP contribution in [0.1, 0.15) is 93.7 Å². The van der Waals surface area contributed by atoms with Gasteiger partial charge in [0.2, 0.25) is 0 Å². The Morgan fingerprint density at radius 3 is 1.18 bits per heavy atom. The van der Waals surface area contributed by atoms with Gasteiger partial charge in [0.05, 0.1) is 72.0 Å². The third kappa shape index (κ3) is 18.9. The Morgan fingerprint density at radius 2 is 0.778 bits per heavy atom. The maximum absolute atomic E-state index is 14.5. The Morgan fingerprint density at radius 1 is 0.407 bits per heavy atom. The van der Waals surface area contributed by atoms with E-state index in [0.29, 0.717) is 127 Å².